The second-order valence-corrected chi connectivity index (χ2v) is 6.63. The quantitative estimate of drug-likeness (QED) is 0.597. The Morgan fingerprint density at radius 1 is 1.00 bits per heavy atom. The van der Waals surface area contributed by atoms with Crippen molar-refractivity contribution in [3.8, 4) is 0 Å². The Labute approximate surface area is 126 Å². The van der Waals surface area contributed by atoms with Gasteiger partial charge in [0.1, 0.15) is 0 Å². The third kappa shape index (κ3) is 3.91. The summed E-state index contributed by atoms with van der Waals surface area (Å²) in [5.74, 6) is -0.350. The minimum Gasteiger partial charge on any atom is -0.381 e. The lowest BCUT2D eigenvalue weighted by molar-refractivity contribution is 0.0600. The molecule has 1 aliphatic heterocycles. The van der Waals surface area contributed by atoms with Crippen LogP contribution in [0.4, 0.5) is 0 Å². The lowest BCUT2D eigenvalue weighted by atomic mass is 9.99. The van der Waals surface area contributed by atoms with Crippen molar-refractivity contribution < 1.29 is 14.3 Å². The summed E-state index contributed by atoms with van der Waals surface area (Å²) in [5, 5.41) is 0. The number of carbonyl (C=O) groups is 2. The second-order valence-electron chi connectivity index (χ2n) is 6.63. The molecule has 0 aliphatic carbocycles. The van der Waals surface area contributed by atoms with Crippen LogP contribution in [0.1, 0.15) is 54.3 Å². The van der Waals surface area contributed by atoms with Gasteiger partial charge in [0.05, 0.1) is 17.7 Å². The van der Waals surface area contributed by atoms with Gasteiger partial charge in [0.25, 0.3) is 11.8 Å². The van der Waals surface area contributed by atoms with Crippen molar-refractivity contribution >= 4 is 11.8 Å². The van der Waals surface area contributed by atoms with Gasteiger partial charge in [-0.05, 0) is 30.4 Å². The zero-order valence-electron chi connectivity index (χ0n) is 13.0. The van der Waals surface area contributed by atoms with E-state index in [4.69, 9.17) is 4.74 Å². The first kappa shape index (κ1) is 15.7. The summed E-state index contributed by atoms with van der Waals surface area (Å²) in [6.45, 7) is 8.25. The molecule has 0 radical (unpaired) electrons. The molecular weight excluding hydrogens is 266 g/mol. The molecule has 1 aliphatic rings. The maximum absolute atomic E-state index is 12.1. The predicted octanol–water partition coefficient (Wildman–Crippen LogP) is 3.13. The number of hydrogen-bond acceptors (Lipinski definition) is 3. The Hall–Kier alpha value is -1.68. The van der Waals surface area contributed by atoms with Crippen molar-refractivity contribution in [1.29, 1.82) is 0 Å². The highest BCUT2D eigenvalue weighted by atomic mass is 16.5. The summed E-state index contributed by atoms with van der Waals surface area (Å²) < 4.78 is 5.59. The average molecular weight is 289 g/mol. The van der Waals surface area contributed by atoms with Crippen LogP contribution >= 0.6 is 0 Å². The van der Waals surface area contributed by atoms with Gasteiger partial charge in [0, 0.05) is 13.2 Å². The molecule has 4 heteroatoms. The molecule has 0 saturated heterocycles. The SMILES string of the molecule is CC(C)(C)COCCCCN1C(=O)c2ccccc2C1=O. The molecule has 0 fully saturated rings. The molecule has 2 rings (SSSR count). The third-order valence-corrected chi connectivity index (χ3v) is 3.33. The number of fused-ring (bicyclic) bond motifs is 1. The van der Waals surface area contributed by atoms with Gasteiger partial charge in [-0.3, -0.25) is 14.5 Å². The molecule has 0 unspecified atom stereocenters. The van der Waals surface area contributed by atoms with E-state index < -0.39 is 0 Å². The van der Waals surface area contributed by atoms with E-state index >= 15 is 0 Å². The summed E-state index contributed by atoms with van der Waals surface area (Å²) in [5.41, 5.74) is 1.21. The van der Waals surface area contributed by atoms with Gasteiger partial charge in [-0.15, -0.1) is 0 Å². The molecule has 1 heterocycles. The number of imide groups is 1. The zero-order valence-corrected chi connectivity index (χ0v) is 13.0. The van der Waals surface area contributed by atoms with Crippen molar-refractivity contribution in [2.45, 2.75) is 33.6 Å². The molecule has 1 aromatic rings. The van der Waals surface area contributed by atoms with E-state index in [0.717, 1.165) is 19.4 Å². The third-order valence-electron chi connectivity index (χ3n) is 3.33. The van der Waals surface area contributed by atoms with Crippen LogP contribution in [0.3, 0.4) is 0 Å². The van der Waals surface area contributed by atoms with Crippen molar-refractivity contribution in [3.63, 3.8) is 0 Å². The van der Waals surface area contributed by atoms with Crippen LogP contribution in [-0.4, -0.2) is 36.5 Å². The zero-order chi connectivity index (χ0) is 15.5. The highest BCUT2D eigenvalue weighted by Gasteiger charge is 2.34. The number of carbonyl (C=O) groups excluding carboxylic acids is 2. The minimum atomic E-state index is -0.175. The van der Waals surface area contributed by atoms with E-state index in [1.54, 1.807) is 24.3 Å². The lowest BCUT2D eigenvalue weighted by Crippen LogP contribution is -2.30. The molecule has 114 valence electrons. The average Bonchev–Trinajstić information content (AvgIpc) is 2.66. The normalized spacial score (nSPS) is 14.7. The molecule has 0 saturated carbocycles. The van der Waals surface area contributed by atoms with Crippen molar-refractivity contribution in [1.82, 2.24) is 4.90 Å². The van der Waals surface area contributed by atoms with Gasteiger partial charge < -0.3 is 4.74 Å². The number of hydrogen-bond donors (Lipinski definition) is 0. The number of nitrogens with zero attached hydrogens (tertiary/aromatic N) is 1. The molecule has 0 spiro atoms. The molecule has 4 nitrogen and oxygen atoms in total. The van der Waals surface area contributed by atoms with E-state index in [0.29, 0.717) is 24.3 Å². The van der Waals surface area contributed by atoms with Crippen molar-refractivity contribution in [2.24, 2.45) is 5.41 Å². The fraction of sp³-hybridized carbons (Fsp3) is 0.529. The van der Waals surface area contributed by atoms with E-state index in [1.165, 1.54) is 4.90 Å². The first-order valence-corrected chi connectivity index (χ1v) is 7.43. The Bertz CT molecular complexity index is 496. The summed E-state index contributed by atoms with van der Waals surface area (Å²) in [6.07, 6.45) is 1.62. The number of amides is 2. The monoisotopic (exact) mass is 289 g/mol. The standard InChI is InChI=1S/C17H23NO3/c1-17(2,3)12-21-11-7-6-10-18-15(19)13-8-4-5-9-14(13)16(18)20/h4-5,8-9H,6-7,10-12H2,1-3H3. The van der Waals surface area contributed by atoms with Crippen LogP contribution in [0.5, 0.6) is 0 Å². The predicted molar refractivity (Wildman–Crippen MR) is 81.3 cm³/mol. The Balaban J connectivity index is 1.76. The van der Waals surface area contributed by atoms with Crippen LogP contribution in [0.2, 0.25) is 0 Å². The van der Waals surface area contributed by atoms with Gasteiger partial charge in [-0.2, -0.15) is 0 Å². The topological polar surface area (TPSA) is 46.6 Å². The summed E-state index contributed by atoms with van der Waals surface area (Å²) >= 11 is 0. The highest BCUT2D eigenvalue weighted by Crippen LogP contribution is 2.22. The van der Waals surface area contributed by atoms with Gasteiger partial charge >= 0.3 is 0 Å². The van der Waals surface area contributed by atoms with Crippen LogP contribution < -0.4 is 0 Å². The minimum absolute atomic E-state index is 0.169. The lowest BCUT2D eigenvalue weighted by Gasteiger charge is -2.18. The van der Waals surface area contributed by atoms with Crippen LogP contribution in [0.15, 0.2) is 24.3 Å². The van der Waals surface area contributed by atoms with Crippen LogP contribution in [-0.2, 0) is 4.74 Å². The van der Waals surface area contributed by atoms with Crippen molar-refractivity contribution in [3.05, 3.63) is 35.4 Å². The number of ether oxygens (including phenoxy) is 1. The van der Waals surface area contributed by atoms with E-state index in [9.17, 15) is 9.59 Å². The van der Waals surface area contributed by atoms with Gasteiger partial charge in [-0.25, -0.2) is 0 Å². The number of benzene rings is 1. The highest BCUT2D eigenvalue weighted by molar-refractivity contribution is 6.21. The Kier molecular flexibility index (Phi) is 4.78. The maximum Gasteiger partial charge on any atom is 0.261 e. The van der Waals surface area contributed by atoms with E-state index in [-0.39, 0.29) is 17.2 Å². The fourth-order valence-corrected chi connectivity index (χ4v) is 2.29. The van der Waals surface area contributed by atoms with Crippen LogP contribution in [0.25, 0.3) is 0 Å². The molecule has 1 aromatic carbocycles. The molecule has 0 bridgehead atoms. The molecule has 0 atom stereocenters. The largest absolute Gasteiger partial charge is 0.381 e. The first-order chi connectivity index (χ1) is 9.90. The molecule has 21 heavy (non-hydrogen) atoms. The Morgan fingerprint density at radius 3 is 2.10 bits per heavy atom. The van der Waals surface area contributed by atoms with Crippen LogP contribution in [0, 0.1) is 5.41 Å². The molecule has 0 N–H and O–H groups in total. The first-order valence-electron chi connectivity index (χ1n) is 7.43. The number of rotatable bonds is 6. The van der Waals surface area contributed by atoms with E-state index in [1.807, 2.05) is 0 Å². The molecule has 0 aromatic heterocycles. The fourth-order valence-electron chi connectivity index (χ4n) is 2.29. The Morgan fingerprint density at radius 2 is 1.57 bits per heavy atom. The number of unbranched alkanes of at least 4 members (excludes halogenated alkanes) is 1. The van der Waals surface area contributed by atoms with Crippen molar-refractivity contribution in [2.75, 3.05) is 19.8 Å². The van der Waals surface area contributed by atoms with Gasteiger partial charge in [-0.1, -0.05) is 32.9 Å². The molecular formula is C17H23NO3. The van der Waals surface area contributed by atoms with E-state index in [2.05, 4.69) is 20.8 Å². The van der Waals surface area contributed by atoms with Gasteiger partial charge in [0.15, 0.2) is 0 Å². The van der Waals surface area contributed by atoms with Gasteiger partial charge in [0.2, 0.25) is 0 Å². The summed E-state index contributed by atoms with van der Waals surface area (Å²) in [7, 11) is 0. The maximum atomic E-state index is 12.1. The summed E-state index contributed by atoms with van der Waals surface area (Å²) in [4.78, 5) is 25.6. The molecule has 2 amide bonds. The second kappa shape index (κ2) is 6.39. The smallest absolute Gasteiger partial charge is 0.261 e. The summed E-state index contributed by atoms with van der Waals surface area (Å²) in [6, 6.07) is 6.99.